The zero-order valence-electron chi connectivity index (χ0n) is 16.8. The summed E-state index contributed by atoms with van der Waals surface area (Å²) >= 11 is 1.60. The van der Waals surface area contributed by atoms with Crippen molar-refractivity contribution < 1.29 is 19.3 Å². The van der Waals surface area contributed by atoms with Crippen LogP contribution < -0.4 is 10.1 Å². The number of hydrogen-bond acceptors (Lipinski definition) is 6. The Balaban J connectivity index is 1.52. The normalized spacial score (nSPS) is 35.6. The zero-order valence-corrected chi connectivity index (χ0v) is 17.6. The second-order valence-corrected chi connectivity index (χ2v) is 9.12. The Hall–Kier alpha value is -1.28. The van der Waals surface area contributed by atoms with Gasteiger partial charge < -0.3 is 24.6 Å². The number of fused-ring (bicyclic) bond motifs is 1. The average Bonchev–Trinajstić information content (AvgIpc) is 3.34. The Kier molecular flexibility index (Phi) is 5.88. The summed E-state index contributed by atoms with van der Waals surface area (Å²) < 4.78 is 18.1. The number of aliphatic hydroxyl groups is 1. The first-order valence-electron chi connectivity index (χ1n) is 10.1. The second-order valence-electron chi connectivity index (χ2n) is 8.04. The summed E-state index contributed by atoms with van der Waals surface area (Å²) in [6.07, 6.45) is 3.43. The van der Waals surface area contributed by atoms with Crippen LogP contribution in [0.5, 0.6) is 5.75 Å². The molecular weight excluding hydrogens is 376 g/mol. The molecule has 2 N–H and O–H groups in total. The van der Waals surface area contributed by atoms with Gasteiger partial charge in [-0.1, -0.05) is 43.7 Å². The van der Waals surface area contributed by atoms with E-state index < -0.39 is 5.60 Å². The van der Waals surface area contributed by atoms with Crippen LogP contribution >= 0.6 is 11.8 Å². The second kappa shape index (κ2) is 8.22. The van der Waals surface area contributed by atoms with Crippen molar-refractivity contribution in [1.82, 2.24) is 5.32 Å². The summed E-state index contributed by atoms with van der Waals surface area (Å²) in [5.41, 5.74) is 0.256. The van der Waals surface area contributed by atoms with Gasteiger partial charge in [-0.25, -0.2) is 0 Å². The number of nitrogens with one attached hydrogen (secondary N) is 1. The minimum atomic E-state index is -0.751. The van der Waals surface area contributed by atoms with Gasteiger partial charge in [0.15, 0.2) is 5.17 Å². The summed E-state index contributed by atoms with van der Waals surface area (Å²) in [6.45, 7) is 2.65. The highest BCUT2D eigenvalue weighted by atomic mass is 32.2. The molecule has 1 aromatic rings. The van der Waals surface area contributed by atoms with Gasteiger partial charge in [-0.05, 0) is 30.5 Å². The molecule has 2 saturated heterocycles. The maximum absolute atomic E-state index is 11.2. The van der Waals surface area contributed by atoms with Crippen LogP contribution in [0.1, 0.15) is 38.2 Å². The summed E-state index contributed by atoms with van der Waals surface area (Å²) in [6, 6.07) is 7.98. The lowest BCUT2D eigenvalue weighted by molar-refractivity contribution is -0.203. The predicted molar refractivity (Wildman–Crippen MR) is 111 cm³/mol. The number of hydrogen-bond donors (Lipinski definition) is 2. The Morgan fingerprint density at radius 1 is 1.29 bits per heavy atom. The van der Waals surface area contributed by atoms with Crippen LogP contribution in [0.2, 0.25) is 0 Å². The number of ether oxygens (including phenoxy) is 3. The molecule has 0 unspecified atom stereocenters. The molecular formula is C21H30N2O4S. The van der Waals surface area contributed by atoms with Crippen LogP contribution in [0.3, 0.4) is 0 Å². The largest absolute Gasteiger partial charge is 0.497 e. The first kappa shape index (κ1) is 20.0. The quantitative estimate of drug-likeness (QED) is 0.783. The van der Waals surface area contributed by atoms with Crippen molar-refractivity contribution in [3.8, 4) is 5.75 Å². The van der Waals surface area contributed by atoms with Crippen LogP contribution in [0.15, 0.2) is 29.3 Å². The van der Waals surface area contributed by atoms with Crippen LogP contribution in [0.4, 0.5) is 0 Å². The van der Waals surface area contributed by atoms with E-state index in [2.05, 4.69) is 17.2 Å². The molecule has 6 nitrogen and oxygen atoms in total. The van der Waals surface area contributed by atoms with E-state index in [4.69, 9.17) is 14.2 Å². The lowest BCUT2D eigenvalue weighted by Gasteiger charge is -2.47. The molecule has 7 heteroatoms. The summed E-state index contributed by atoms with van der Waals surface area (Å²) in [7, 11) is 3.45. The topological polar surface area (TPSA) is 72.3 Å². The number of benzene rings is 1. The molecule has 1 saturated carbocycles. The summed E-state index contributed by atoms with van der Waals surface area (Å²) in [5, 5.41) is 15.6. The van der Waals surface area contributed by atoms with Gasteiger partial charge >= 0.3 is 0 Å². The number of methoxy groups -OCH3 is 1. The van der Waals surface area contributed by atoms with Gasteiger partial charge in [0.2, 0.25) is 0 Å². The Morgan fingerprint density at radius 3 is 2.64 bits per heavy atom. The van der Waals surface area contributed by atoms with Crippen molar-refractivity contribution in [3.63, 3.8) is 0 Å². The Labute approximate surface area is 171 Å². The maximum atomic E-state index is 11.2. The maximum Gasteiger partial charge on any atom is 0.159 e. The van der Waals surface area contributed by atoms with Gasteiger partial charge in [-0.15, -0.1) is 0 Å². The number of rotatable bonds is 5. The first-order valence-corrected chi connectivity index (χ1v) is 10.9. The highest BCUT2D eigenvalue weighted by Gasteiger charge is 2.55. The molecule has 0 aromatic heterocycles. The van der Waals surface area contributed by atoms with E-state index >= 15 is 0 Å². The Morgan fingerprint density at radius 2 is 2.00 bits per heavy atom. The molecule has 0 amide bonds. The van der Waals surface area contributed by atoms with Crippen LogP contribution in [-0.2, 0) is 16.1 Å². The first-order chi connectivity index (χ1) is 13.5. The van der Waals surface area contributed by atoms with E-state index in [1.165, 1.54) is 0 Å². The smallest absolute Gasteiger partial charge is 0.159 e. The molecule has 3 aliphatic rings. The highest BCUT2D eigenvalue weighted by molar-refractivity contribution is 8.14. The fourth-order valence-electron chi connectivity index (χ4n) is 4.72. The third-order valence-electron chi connectivity index (χ3n) is 6.25. The van der Waals surface area contributed by atoms with Crippen molar-refractivity contribution in [3.05, 3.63) is 29.8 Å². The van der Waals surface area contributed by atoms with E-state index in [1.807, 2.05) is 24.3 Å². The van der Waals surface area contributed by atoms with Gasteiger partial charge in [0, 0.05) is 13.0 Å². The monoisotopic (exact) mass is 406 g/mol. The van der Waals surface area contributed by atoms with E-state index in [0.29, 0.717) is 6.61 Å². The van der Waals surface area contributed by atoms with E-state index in [-0.39, 0.29) is 29.6 Å². The molecule has 0 spiro atoms. The lowest BCUT2D eigenvalue weighted by atomic mass is 9.79. The molecule has 154 valence electrons. The molecule has 2 heterocycles. The van der Waals surface area contributed by atoms with Gasteiger partial charge in [-0.2, -0.15) is 0 Å². The number of thioether (sulfide) groups is 1. The van der Waals surface area contributed by atoms with Crippen molar-refractivity contribution >= 4 is 16.9 Å². The van der Waals surface area contributed by atoms with Crippen molar-refractivity contribution in [2.75, 3.05) is 14.2 Å². The van der Waals surface area contributed by atoms with Crippen molar-refractivity contribution in [1.29, 1.82) is 0 Å². The lowest BCUT2D eigenvalue weighted by Crippen LogP contribution is -2.61. The van der Waals surface area contributed by atoms with Gasteiger partial charge in [0.05, 0.1) is 37.6 Å². The minimum Gasteiger partial charge on any atom is -0.497 e. The fourth-order valence-corrected chi connectivity index (χ4v) is 5.79. The van der Waals surface area contributed by atoms with E-state index in [9.17, 15) is 5.11 Å². The van der Waals surface area contributed by atoms with Gasteiger partial charge in [0.1, 0.15) is 11.2 Å². The fraction of sp³-hybridized carbons (Fsp3) is 0.667. The molecule has 3 fully saturated rings. The standard InChI is InChI=1S/C21H30N2O4S/c1-13-17(26-12-14-6-8-15(25-3)9-7-14)16-19(28-20(22-2)23-16)27-18(13)21(24)10-4-5-11-21/h6-9,13,16-19,24H,4-5,10-12H2,1-3H3,(H,22,23)/t13-,16+,17-,18-,19+/m0/s1. The van der Waals surface area contributed by atoms with Gasteiger partial charge in [0.25, 0.3) is 0 Å². The third kappa shape index (κ3) is 3.77. The number of nitrogens with zero attached hydrogens (tertiary/aromatic N) is 1. The molecule has 4 rings (SSSR count). The SMILES string of the molecule is CN=C1N[C@@H]2[C@@H](OCc3ccc(OC)cc3)[C@H](C)[C@@H](C3(O)CCCC3)O[C@@H]2S1. The van der Waals surface area contributed by atoms with Crippen LogP contribution in [0.25, 0.3) is 0 Å². The molecule has 1 aliphatic carbocycles. The molecule has 0 radical (unpaired) electrons. The van der Waals surface area contributed by atoms with Crippen molar-refractivity contribution in [2.45, 2.75) is 68.5 Å². The van der Waals surface area contributed by atoms with Crippen LogP contribution in [-0.4, -0.2) is 53.7 Å². The zero-order chi connectivity index (χ0) is 19.7. The average molecular weight is 407 g/mol. The summed E-state index contributed by atoms with van der Waals surface area (Å²) in [4.78, 5) is 4.30. The Bertz CT molecular complexity index is 705. The van der Waals surface area contributed by atoms with Crippen LogP contribution in [0, 0.1) is 5.92 Å². The highest BCUT2D eigenvalue weighted by Crippen LogP contribution is 2.45. The van der Waals surface area contributed by atoms with E-state index in [0.717, 1.165) is 42.2 Å². The molecule has 2 aliphatic heterocycles. The third-order valence-corrected chi connectivity index (χ3v) is 7.41. The number of amidine groups is 1. The van der Waals surface area contributed by atoms with Crippen molar-refractivity contribution in [2.24, 2.45) is 10.9 Å². The molecule has 1 aromatic carbocycles. The van der Waals surface area contributed by atoms with E-state index in [1.54, 1.807) is 25.9 Å². The van der Waals surface area contributed by atoms with Gasteiger partial charge in [-0.3, -0.25) is 4.99 Å². The predicted octanol–water partition coefficient (Wildman–Crippen LogP) is 2.94. The molecule has 28 heavy (non-hydrogen) atoms. The molecule has 5 atom stereocenters. The number of aliphatic imine (C=N–C) groups is 1. The molecule has 0 bridgehead atoms. The summed E-state index contributed by atoms with van der Waals surface area (Å²) in [5.74, 6) is 0.913. The minimum absolute atomic E-state index is 0.0261.